The Hall–Kier alpha value is -3.32. The fourth-order valence-electron chi connectivity index (χ4n) is 3.57. The van der Waals surface area contributed by atoms with Gasteiger partial charge in [-0.2, -0.15) is 14.7 Å². The molecule has 0 spiro atoms. The molecule has 0 aliphatic carbocycles. The molecule has 2 aromatic carbocycles. The van der Waals surface area contributed by atoms with Crippen LogP contribution in [0.1, 0.15) is 23.7 Å². The SMILES string of the molecule is CCc1ccccc1-n1ncc(-c2nn3c(-c4cccc(C)c4)nnc3s2)c1C. The van der Waals surface area contributed by atoms with E-state index in [0.29, 0.717) is 0 Å². The fourth-order valence-corrected chi connectivity index (χ4v) is 4.47. The Morgan fingerprint density at radius 2 is 1.86 bits per heavy atom. The quantitative estimate of drug-likeness (QED) is 0.431. The fraction of sp³-hybridized carbons (Fsp3) is 0.182. The molecule has 144 valence electrons. The lowest BCUT2D eigenvalue weighted by Crippen LogP contribution is -2.02. The number of benzene rings is 2. The van der Waals surface area contributed by atoms with E-state index in [4.69, 9.17) is 5.10 Å². The van der Waals surface area contributed by atoms with E-state index in [9.17, 15) is 0 Å². The molecule has 0 fully saturated rings. The molecule has 7 heteroatoms. The number of rotatable bonds is 4. The molecular formula is C22H20N6S. The van der Waals surface area contributed by atoms with Gasteiger partial charge in [0.2, 0.25) is 4.96 Å². The molecule has 0 saturated carbocycles. The zero-order chi connectivity index (χ0) is 20.0. The summed E-state index contributed by atoms with van der Waals surface area (Å²) in [6, 6.07) is 16.6. The van der Waals surface area contributed by atoms with Crippen molar-refractivity contribution >= 4 is 16.3 Å². The van der Waals surface area contributed by atoms with Crippen LogP contribution in [-0.2, 0) is 6.42 Å². The number of aromatic nitrogens is 6. The molecular weight excluding hydrogens is 380 g/mol. The summed E-state index contributed by atoms with van der Waals surface area (Å²) in [5, 5.41) is 19.0. The molecule has 0 N–H and O–H groups in total. The summed E-state index contributed by atoms with van der Waals surface area (Å²) in [5.41, 5.74) is 6.65. The van der Waals surface area contributed by atoms with Gasteiger partial charge in [-0.3, -0.25) is 0 Å². The molecule has 3 heterocycles. The highest BCUT2D eigenvalue weighted by Crippen LogP contribution is 2.31. The van der Waals surface area contributed by atoms with Gasteiger partial charge in [0, 0.05) is 5.56 Å². The number of fused-ring (bicyclic) bond motifs is 1. The van der Waals surface area contributed by atoms with Gasteiger partial charge in [0.25, 0.3) is 0 Å². The Labute approximate surface area is 172 Å². The third kappa shape index (κ3) is 2.94. The molecule has 6 nitrogen and oxygen atoms in total. The maximum Gasteiger partial charge on any atom is 0.235 e. The molecule has 0 radical (unpaired) electrons. The number of aryl methyl sites for hydroxylation is 2. The van der Waals surface area contributed by atoms with Crippen molar-refractivity contribution in [2.45, 2.75) is 27.2 Å². The molecule has 0 unspecified atom stereocenters. The molecule has 5 aromatic rings. The van der Waals surface area contributed by atoms with Gasteiger partial charge in [-0.05, 0) is 38.0 Å². The third-order valence-corrected chi connectivity index (χ3v) is 6.04. The van der Waals surface area contributed by atoms with Crippen molar-refractivity contribution in [1.29, 1.82) is 0 Å². The van der Waals surface area contributed by atoms with Crippen molar-refractivity contribution in [2.75, 3.05) is 0 Å². The normalized spacial score (nSPS) is 11.4. The Kier molecular flexibility index (Phi) is 4.24. The summed E-state index contributed by atoms with van der Waals surface area (Å²) in [5.74, 6) is 0.757. The largest absolute Gasteiger partial charge is 0.237 e. The number of para-hydroxylation sites is 1. The van der Waals surface area contributed by atoms with Crippen LogP contribution in [-0.4, -0.2) is 29.6 Å². The van der Waals surface area contributed by atoms with E-state index in [2.05, 4.69) is 66.4 Å². The highest BCUT2D eigenvalue weighted by Gasteiger charge is 2.19. The summed E-state index contributed by atoms with van der Waals surface area (Å²) >= 11 is 1.53. The van der Waals surface area contributed by atoms with E-state index in [1.165, 1.54) is 22.5 Å². The maximum absolute atomic E-state index is 4.82. The van der Waals surface area contributed by atoms with Crippen LogP contribution >= 0.6 is 11.3 Å². The summed E-state index contributed by atoms with van der Waals surface area (Å²) in [4.78, 5) is 0.776. The summed E-state index contributed by atoms with van der Waals surface area (Å²) in [6.07, 6.45) is 2.85. The molecule has 3 aromatic heterocycles. The van der Waals surface area contributed by atoms with E-state index in [1.54, 1.807) is 0 Å². The van der Waals surface area contributed by atoms with E-state index >= 15 is 0 Å². The minimum Gasteiger partial charge on any atom is -0.237 e. The zero-order valence-electron chi connectivity index (χ0n) is 16.5. The number of nitrogens with zero attached hydrogens (tertiary/aromatic N) is 6. The maximum atomic E-state index is 4.82. The van der Waals surface area contributed by atoms with E-state index in [-0.39, 0.29) is 0 Å². The topological polar surface area (TPSA) is 60.9 Å². The average Bonchev–Trinajstić information content (AvgIpc) is 3.41. The molecule has 0 saturated heterocycles. The summed E-state index contributed by atoms with van der Waals surface area (Å²) < 4.78 is 3.82. The predicted molar refractivity (Wildman–Crippen MR) is 116 cm³/mol. The van der Waals surface area contributed by atoms with Crippen molar-refractivity contribution in [3.05, 3.63) is 71.5 Å². The molecule has 29 heavy (non-hydrogen) atoms. The second-order valence-corrected chi connectivity index (χ2v) is 7.99. The standard InChI is InChI=1S/C22H20N6S/c1-4-16-9-5-6-11-19(16)27-15(3)18(13-23-27)21-26-28-20(24-25-22(28)29-21)17-10-7-8-14(2)12-17/h5-13H,4H2,1-3H3. The van der Waals surface area contributed by atoms with Crippen molar-refractivity contribution in [3.63, 3.8) is 0 Å². The highest BCUT2D eigenvalue weighted by molar-refractivity contribution is 7.19. The Morgan fingerprint density at radius 3 is 2.69 bits per heavy atom. The zero-order valence-corrected chi connectivity index (χ0v) is 17.3. The van der Waals surface area contributed by atoms with Gasteiger partial charge < -0.3 is 0 Å². The second kappa shape index (κ2) is 6.93. The van der Waals surface area contributed by atoms with Crippen molar-refractivity contribution in [2.24, 2.45) is 0 Å². The van der Waals surface area contributed by atoms with Gasteiger partial charge in [-0.15, -0.1) is 10.2 Å². The lowest BCUT2D eigenvalue weighted by Gasteiger charge is -2.09. The molecule has 0 amide bonds. The van der Waals surface area contributed by atoms with Crippen molar-refractivity contribution in [3.8, 4) is 27.6 Å². The van der Waals surface area contributed by atoms with Crippen LogP contribution in [0.2, 0.25) is 0 Å². The van der Waals surface area contributed by atoms with Crippen LogP contribution < -0.4 is 0 Å². The summed E-state index contributed by atoms with van der Waals surface area (Å²) in [7, 11) is 0. The van der Waals surface area contributed by atoms with Gasteiger partial charge >= 0.3 is 0 Å². The van der Waals surface area contributed by atoms with Crippen molar-refractivity contribution in [1.82, 2.24) is 29.6 Å². The van der Waals surface area contributed by atoms with E-state index in [0.717, 1.165) is 44.7 Å². The highest BCUT2D eigenvalue weighted by atomic mass is 32.1. The first-order valence-corrected chi connectivity index (χ1v) is 10.4. The van der Waals surface area contributed by atoms with Gasteiger partial charge in [0.1, 0.15) is 0 Å². The van der Waals surface area contributed by atoms with Crippen LogP contribution in [0.4, 0.5) is 0 Å². The van der Waals surface area contributed by atoms with Gasteiger partial charge in [0.15, 0.2) is 10.8 Å². The molecule has 0 aliphatic heterocycles. The number of hydrogen-bond donors (Lipinski definition) is 0. The lowest BCUT2D eigenvalue weighted by molar-refractivity contribution is 0.832. The monoisotopic (exact) mass is 400 g/mol. The first-order valence-electron chi connectivity index (χ1n) is 9.58. The predicted octanol–water partition coefficient (Wildman–Crippen LogP) is 4.88. The second-order valence-electron chi connectivity index (χ2n) is 7.03. The Balaban J connectivity index is 1.60. The van der Waals surface area contributed by atoms with Gasteiger partial charge in [-0.25, -0.2) is 4.68 Å². The molecule has 0 atom stereocenters. The van der Waals surface area contributed by atoms with Crippen LogP contribution in [0, 0.1) is 13.8 Å². The van der Waals surface area contributed by atoms with Gasteiger partial charge in [0.05, 0.1) is 23.1 Å². The van der Waals surface area contributed by atoms with Crippen LogP contribution in [0.3, 0.4) is 0 Å². The Bertz CT molecular complexity index is 1330. The first kappa shape index (κ1) is 17.8. The minimum absolute atomic E-state index is 0.757. The van der Waals surface area contributed by atoms with Crippen LogP contribution in [0.15, 0.2) is 54.7 Å². The summed E-state index contributed by atoms with van der Waals surface area (Å²) in [6.45, 7) is 6.31. The smallest absolute Gasteiger partial charge is 0.235 e. The number of hydrogen-bond acceptors (Lipinski definition) is 5. The third-order valence-electron chi connectivity index (χ3n) is 5.11. The molecule has 0 aliphatic rings. The van der Waals surface area contributed by atoms with Crippen LogP contribution in [0.5, 0.6) is 0 Å². The first-order chi connectivity index (χ1) is 14.2. The minimum atomic E-state index is 0.757. The van der Waals surface area contributed by atoms with E-state index in [1.807, 2.05) is 33.6 Å². The lowest BCUT2D eigenvalue weighted by atomic mass is 10.1. The molecule has 5 rings (SSSR count). The average molecular weight is 401 g/mol. The molecule has 0 bridgehead atoms. The van der Waals surface area contributed by atoms with Crippen molar-refractivity contribution < 1.29 is 0 Å². The Morgan fingerprint density at radius 1 is 1.00 bits per heavy atom. The van der Waals surface area contributed by atoms with Gasteiger partial charge in [-0.1, -0.05) is 60.2 Å². The van der Waals surface area contributed by atoms with E-state index < -0.39 is 0 Å². The van der Waals surface area contributed by atoms with Crippen LogP contribution in [0.25, 0.3) is 32.6 Å².